The number of benzene rings is 2. The number of aromatic nitrogens is 1. The molecule has 0 saturated carbocycles. The fraction of sp³-hybridized carbons (Fsp3) is 0.200. The third-order valence-electron chi connectivity index (χ3n) is 3.75. The lowest BCUT2D eigenvalue weighted by molar-refractivity contribution is 0.340. The van der Waals surface area contributed by atoms with Gasteiger partial charge in [-0.15, -0.1) is 28.3 Å². The molecule has 0 aliphatic rings. The van der Waals surface area contributed by atoms with Gasteiger partial charge < -0.3 is 14.2 Å². The normalized spacial score (nSPS) is 10.4. The van der Waals surface area contributed by atoms with Crippen molar-refractivity contribution in [2.45, 2.75) is 6.92 Å². The zero-order chi connectivity index (χ0) is 19.1. The van der Waals surface area contributed by atoms with E-state index in [-0.39, 0.29) is 17.0 Å². The quantitative estimate of drug-likeness (QED) is 0.365. The lowest BCUT2D eigenvalue weighted by Gasteiger charge is -2.08. The molecule has 0 aliphatic heterocycles. The van der Waals surface area contributed by atoms with Gasteiger partial charge in [0.2, 0.25) is 5.13 Å². The molecule has 0 unspecified atom stereocenters. The van der Waals surface area contributed by atoms with Gasteiger partial charge >= 0.3 is 0 Å². The average Bonchev–Trinajstić information content (AvgIpc) is 3.18. The molecule has 1 N–H and O–H groups in total. The average molecular weight is 464 g/mol. The summed E-state index contributed by atoms with van der Waals surface area (Å²) in [6.07, 6.45) is 1.74. The van der Waals surface area contributed by atoms with E-state index in [4.69, 9.17) is 14.2 Å². The van der Waals surface area contributed by atoms with E-state index in [1.165, 1.54) is 11.3 Å². The van der Waals surface area contributed by atoms with Crippen LogP contribution in [0.3, 0.4) is 0 Å². The summed E-state index contributed by atoms with van der Waals surface area (Å²) in [5, 5.41) is 6.92. The number of halogens is 1. The number of rotatable bonds is 8. The Morgan fingerprint density at radius 1 is 1.07 bits per heavy atom. The maximum Gasteiger partial charge on any atom is 0.203 e. The number of nitrogens with one attached hydrogen (secondary N) is 1. The van der Waals surface area contributed by atoms with Crippen molar-refractivity contribution < 1.29 is 14.2 Å². The van der Waals surface area contributed by atoms with Crippen LogP contribution in [-0.4, -0.2) is 32.0 Å². The second-order valence-corrected chi connectivity index (χ2v) is 6.34. The van der Waals surface area contributed by atoms with Crippen LogP contribution in [0.15, 0.2) is 52.9 Å². The van der Waals surface area contributed by atoms with E-state index in [1.807, 2.05) is 54.8 Å². The Morgan fingerprint density at radius 2 is 1.82 bits per heavy atom. The summed E-state index contributed by atoms with van der Waals surface area (Å²) in [7, 11) is 3.23. The van der Waals surface area contributed by atoms with E-state index < -0.39 is 0 Å². The molecular weight excluding hydrogens is 442 g/mol. The van der Waals surface area contributed by atoms with E-state index in [0.717, 1.165) is 22.6 Å². The number of nitrogens with zero attached hydrogens (tertiary/aromatic N) is 2. The topological polar surface area (TPSA) is 65.0 Å². The van der Waals surface area contributed by atoms with Crippen molar-refractivity contribution in [3.05, 3.63) is 53.4 Å². The first-order chi connectivity index (χ1) is 13.2. The number of hydrogen-bond acceptors (Lipinski definition) is 7. The molecule has 8 heteroatoms. The second-order valence-electron chi connectivity index (χ2n) is 5.48. The molecule has 1 heterocycles. The molecule has 0 spiro atoms. The van der Waals surface area contributed by atoms with Crippen LogP contribution < -0.4 is 19.6 Å². The summed E-state index contributed by atoms with van der Waals surface area (Å²) in [6, 6.07) is 13.5. The molecule has 0 bridgehead atoms. The fourth-order valence-corrected chi connectivity index (χ4v) is 3.10. The third-order valence-corrected chi connectivity index (χ3v) is 4.50. The van der Waals surface area contributed by atoms with Gasteiger partial charge in [0.1, 0.15) is 5.75 Å². The highest BCUT2D eigenvalue weighted by molar-refractivity contribution is 8.93. The van der Waals surface area contributed by atoms with E-state index in [9.17, 15) is 0 Å². The molecule has 0 saturated heterocycles. The molecular formula is C20H22BrN3O3S. The van der Waals surface area contributed by atoms with Crippen LogP contribution >= 0.6 is 28.3 Å². The van der Waals surface area contributed by atoms with Crippen LogP contribution in [0.4, 0.5) is 5.13 Å². The number of hydrazone groups is 1. The zero-order valence-electron chi connectivity index (χ0n) is 15.8. The summed E-state index contributed by atoms with van der Waals surface area (Å²) in [4.78, 5) is 4.56. The van der Waals surface area contributed by atoms with Gasteiger partial charge in [-0.2, -0.15) is 5.10 Å². The molecule has 28 heavy (non-hydrogen) atoms. The fourth-order valence-electron chi connectivity index (χ4n) is 2.43. The van der Waals surface area contributed by atoms with Gasteiger partial charge in [0, 0.05) is 10.9 Å². The van der Waals surface area contributed by atoms with Gasteiger partial charge in [0.15, 0.2) is 11.5 Å². The van der Waals surface area contributed by atoms with Crippen LogP contribution in [0.25, 0.3) is 11.3 Å². The van der Waals surface area contributed by atoms with Crippen molar-refractivity contribution in [2.24, 2.45) is 5.10 Å². The number of hydrogen-bond donors (Lipinski definition) is 1. The minimum absolute atomic E-state index is 0. The molecule has 0 fully saturated rings. The van der Waals surface area contributed by atoms with Gasteiger partial charge in [-0.3, -0.25) is 5.43 Å². The minimum Gasteiger partial charge on any atom is -0.494 e. The van der Waals surface area contributed by atoms with E-state index in [1.54, 1.807) is 20.4 Å². The van der Waals surface area contributed by atoms with Crippen molar-refractivity contribution in [1.82, 2.24) is 4.98 Å². The highest BCUT2D eigenvalue weighted by atomic mass is 79.9. The molecule has 2 aromatic carbocycles. The van der Waals surface area contributed by atoms with E-state index in [0.29, 0.717) is 23.2 Å². The largest absolute Gasteiger partial charge is 0.494 e. The molecule has 0 radical (unpaired) electrons. The number of methoxy groups -OCH3 is 2. The highest BCUT2D eigenvalue weighted by Gasteiger charge is 2.09. The van der Waals surface area contributed by atoms with Gasteiger partial charge in [-0.25, -0.2) is 4.98 Å². The monoisotopic (exact) mass is 463 g/mol. The maximum absolute atomic E-state index is 5.43. The van der Waals surface area contributed by atoms with Gasteiger partial charge in [-0.1, -0.05) is 0 Å². The molecule has 148 valence electrons. The van der Waals surface area contributed by atoms with Crippen LogP contribution in [0.1, 0.15) is 12.5 Å². The third kappa shape index (κ3) is 5.46. The second kappa shape index (κ2) is 10.7. The van der Waals surface area contributed by atoms with Crippen LogP contribution in [-0.2, 0) is 0 Å². The zero-order valence-corrected chi connectivity index (χ0v) is 18.4. The first-order valence-corrected chi connectivity index (χ1v) is 9.31. The maximum atomic E-state index is 5.43. The van der Waals surface area contributed by atoms with Crippen LogP contribution in [0.5, 0.6) is 17.2 Å². The number of thiazole rings is 1. The van der Waals surface area contributed by atoms with Crippen molar-refractivity contribution in [1.29, 1.82) is 0 Å². The Morgan fingerprint density at radius 3 is 2.50 bits per heavy atom. The molecule has 3 rings (SSSR count). The standard InChI is InChI=1S/C20H21N3O3S.BrH/c1-4-26-16-8-5-14(6-9-16)12-21-23-20-22-17(13-27-20)15-7-10-18(24-2)19(11-15)25-3;/h5-13H,4H2,1-3H3,(H,22,23);1H/b21-12+;. The number of anilines is 1. The summed E-state index contributed by atoms with van der Waals surface area (Å²) in [5.74, 6) is 2.21. The Labute approximate surface area is 178 Å². The van der Waals surface area contributed by atoms with Gasteiger partial charge in [0.25, 0.3) is 0 Å². The minimum atomic E-state index is 0. The molecule has 0 aliphatic carbocycles. The first kappa shape index (κ1) is 21.7. The Balaban J connectivity index is 0.00000280. The molecule has 0 atom stereocenters. The van der Waals surface area contributed by atoms with Gasteiger partial charge in [0.05, 0.1) is 32.7 Å². The summed E-state index contributed by atoms with van der Waals surface area (Å²) in [6.45, 7) is 2.62. The summed E-state index contributed by atoms with van der Waals surface area (Å²) in [5.41, 5.74) is 5.74. The van der Waals surface area contributed by atoms with Crippen molar-refractivity contribution in [3.8, 4) is 28.5 Å². The van der Waals surface area contributed by atoms with Gasteiger partial charge in [-0.05, 0) is 55.0 Å². The summed E-state index contributed by atoms with van der Waals surface area (Å²) < 4.78 is 16.0. The van der Waals surface area contributed by atoms with Crippen molar-refractivity contribution in [3.63, 3.8) is 0 Å². The van der Waals surface area contributed by atoms with E-state index >= 15 is 0 Å². The van der Waals surface area contributed by atoms with E-state index in [2.05, 4.69) is 15.5 Å². The predicted molar refractivity (Wildman–Crippen MR) is 120 cm³/mol. The Kier molecular flexibility index (Phi) is 8.28. The first-order valence-electron chi connectivity index (χ1n) is 8.43. The predicted octanol–water partition coefficient (Wildman–Crippen LogP) is 5.25. The summed E-state index contributed by atoms with van der Waals surface area (Å²) >= 11 is 1.48. The SMILES string of the molecule is Br.CCOc1ccc(/C=N/Nc2nc(-c3ccc(OC)c(OC)c3)cs2)cc1. The van der Waals surface area contributed by atoms with Crippen molar-refractivity contribution in [2.75, 3.05) is 26.3 Å². The molecule has 0 amide bonds. The molecule has 6 nitrogen and oxygen atoms in total. The lowest BCUT2D eigenvalue weighted by Crippen LogP contribution is -1.93. The molecule has 1 aromatic heterocycles. The van der Waals surface area contributed by atoms with Crippen LogP contribution in [0.2, 0.25) is 0 Å². The van der Waals surface area contributed by atoms with Crippen LogP contribution in [0, 0.1) is 0 Å². The lowest BCUT2D eigenvalue weighted by atomic mass is 10.1. The Hall–Kier alpha value is -2.58. The highest BCUT2D eigenvalue weighted by Crippen LogP contribution is 2.33. The molecule has 3 aromatic rings. The Bertz CT molecular complexity index is 913. The number of ether oxygens (including phenoxy) is 3. The van der Waals surface area contributed by atoms with Crippen molar-refractivity contribution >= 4 is 39.7 Å². The smallest absolute Gasteiger partial charge is 0.203 e.